The number of hydrogen-bond acceptors (Lipinski definition) is 5. The van der Waals surface area contributed by atoms with Crippen molar-refractivity contribution in [2.75, 3.05) is 33.0 Å². The molecule has 7 heteroatoms. The standard InChI is InChI=1S/C16H27NO6/c18-15(19)8-10-21-12-13-22-11-9-17-16(20)23-14-6-4-2-1-3-5-7-14/h1-2,14H,3-13H2,(H,17,20)(H,18,19)/b2-1-. The molecule has 0 bridgehead atoms. The lowest BCUT2D eigenvalue weighted by molar-refractivity contribution is -0.138. The van der Waals surface area contributed by atoms with Crippen molar-refractivity contribution < 1.29 is 28.9 Å². The van der Waals surface area contributed by atoms with Gasteiger partial charge in [-0.25, -0.2) is 4.79 Å². The van der Waals surface area contributed by atoms with Crippen molar-refractivity contribution in [2.24, 2.45) is 0 Å². The number of hydrogen-bond donors (Lipinski definition) is 2. The van der Waals surface area contributed by atoms with Crippen molar-refractivity contribution >= 4 is 12.1 Å². The van der Waals surface area contributed by atoms with Gasteiger partial charge in [-0.3, -0.25) is 4.79 Å². The average molecular weight is 329 g/mol. The van der Waals surface area contributed by atoms with E-state index in [0.29, 0.717) is 26.4 Å². The van der Waals surface area contributed by atoms with Gasteiger partial charge in [-0.1, -0.05) is 12.2 Å². The highest BCUT2D eigenvalue weighted by atomic mass is 16.6. The van der Waals surface area contributed by atoms with Gasteiger partial charge < -0.3 is 24.6 Å². The summed E-state index contributed by atoms with van der Waals surface area (Å²) in [5, 5.41) is 11.1. The second kappa shape index (κ2) is 12.9. The van der Waals surface area contributed by atoms with E-state index in [1.54, 1.807) is 0 Å². The van der Waals surface area contributed by atoms with E-state index in [2.05, 4.69) is 17.5 Å². The number of carbonyl (C=O) groups is 2. The molecule has 1 unspecified atom stereocenters. The number of allylic oxidation sites excluding steroid dienone is 2. The fraction of sp³-hybridized carbons (Fsp3) is 0.750. The predicted molar refractivity (Wildman–Crippen MR) is 84.4 cm³/mol. The van der Waals surface area contributed by atoms with Gasteiger partial charge >= 0.3 is 12.1 Å². The summed E-state index contributed by atoms with van der Waals surface area (Å²) < 4.78 is 15.7. The number of carboxylic acids is 1. The summed E-state index contributed by atoms with van der Waals surface area (Å²) in [4.78, 5) is 21.9. The van der Waals surface area contributed by atoms with Crippen LogP contribution in [0.5, 0.6) is 0 Å². The van der Waals surface area contributed by atoms with Crippen LogP contribution in [0.3, 0.4) is 0 Å². The Bertz CT molecular complexity index is 372. The molecule has 1 aliphatic rings. The van der Waals surface area contributed by atoms with Crippen molar-refractivity contribution in [3.63, 3.8) is 0 Å². The average Bonchev–Trinajstić information content (AvgIpc) is 2.48. The SMILES string of the molecule is O=C(O)CCOCCOCCNC(=O)OC1CC/C=C\CCC1. The summed E-state index contributed by atoms with van der Waals surface area (Å²) in [6.07, 6.45) is 8.70. The van der Waals surface area contributed by atoms with Crippen LogP contribution < -0.4 is 5.32 Å². The fourth-order valence-electron chi connectivity index (χ4n) is 2.14. The Morgan fingerprint density at radius 2 is 1.78 bits per heavy atom. The van der Waals surface area contributed by atoms with Crippen LogP contribution in [-0.4, -0.2) is 56.2 Å². The van der Waals surface area contributed by atoms with E-state index in [0.717, 1.165) is 32.1 Å². The Balaban J connectivity index is 1.93. The largest absolute Gasteiger partial charge is 0.481 e. The van der Waals surface area contributed by atoms with Crippen LogP contribution in [0.15, 0.2) is 12.2 Å². The van der Waals surface area contributed by atoms with Crippen molar-refractivity contribution in [1.82, 2.24) is 5.32 Å². The molecule has 1 rings (SSSR count). The topological polar surface area (TPSA) is 94.1 Å². The molecule has 0 fully saturated rings. The Morgan fingerprint density at radius 3 is 2.57 bits per heavy atom. The molecule has 0 saturated carbocycles. The van der Waals surface area contributed by atoms with Gasteiger partial charge in [0, 0.05) is 6.54 Å². The van der Waals surface area contributed by atoms with E-state index in [1.807, 2.05) is 0 Å². The van der Waals surface area contributed by atoms with Gasteiger partial charge in [0.1, 0.15) is 6.10 Å². The van der Waals surface area contributed by atoms with Crippen LogP contribution in [0, 0.1) is 0 Å². The summed E-state index contributed by atoms with van der Waals surface area (Å²) >= 11 is 0. The minimum Gasteiger partial charge on any atom is -0.481 e. The molecule has 7 nitrogen and oxygen atoms in total. The quantitative estimate of drug-likeness (QED) is 0.471. The van der Waals surface area contributed by atoms with Gasteiger partial charge in [0.05, 0.1) is 32.8 Å². The molecule has 23 heavy (non-hydrogen) atoms. The zero-order valence-corrected chi connectivity index (χ0v) is 13.5. The molecule has 0 saturated heterocycles. The number of aliphatic carboxylic acids is 1. The Hall–Kier alpha value is -1.60. The lowest BCUT2D eigenvalue weighted by atomic mass is 10.0. The van der Waals surface area contributed by atoms with Crippen LogP contribution in [0.4, 0.5) is 4.79 Å². The maximum atomic E-state index is 11.7. The minimum absolute atomic E-state index is 0.00957. The molecule has 1 aliphatic carbocycles. The van der Waals surface area contributed by atoms with Crippen molar-refractivity contribution in [3.8, 4) is 0 Å². The van der Waals surface area contributed by atoms with Gasteiger partial charge in [-0.05, 0) is 32.1 Å². The normalized spacial score (nSPS) is 19.4. The second-order valence-corrected chi connectivity index (χ2v) is 5.30. The maximum Gasteiger partial charge on any atom is 0.407 e. The molecule has 1 atom stereocenters. The van der Waals surface area contributed by atoms with Crippen LogP contribution in [0.1, 0.15) is 38.5 Å². The van der Waals surface area contributed by atoms with Crippen molar-refractivity contribution in [3.05, 3.63) is 12.2 Å². The first kappa shape index (κ1) is 19.4. The van der Waals surface area contributed by atoms with Gasteiger partial charge in [0.15, 0.2) is 0 Å². The molecule has 2 N–H and O–H groups in total. The van der Waals surface area contributed by atoms with E-state index < -0.39 is 12.1 Å². The van der Waals surface area contributed by atoms with Gasteiger partial charge in [-0.15, -0.1) is 0 Å². The second-order valence-electron chi connectivity index (χ2n) is 5.30. The van der Waals surface area contributed by atoms with Crippen molar-refractivity contribution in [2.45, 2.75) is 44.6 Å². The number of carbonyl (C=O) groups excluding carboxylic acids is 1. The first-order valence-electron chi connectivity index (χ1n) is 8.15. The van der Waals surface area contributed by atoms with Gasteiger partial charge in [0.25, 0.3) is 0 Å². The highest BCUT2D eigenvalue weighted by Crippen LogP contribution is 2.15. The Labute approximate surface area is 137 Å². The first-order valence-corrected chi connectivity index (χ1v) is 8.15. The molecule has 0 heterocycles. The number of carboxylic acid groups (broad SMARTS) is 1. The molecule has 0 radical (unpaired) electrons. The summed E-state index contributed by atoms with van der Waals surface area (Å²) in [5.74, 6) is -0.881. The predicted octanol–water partition coefficient (Wildman–Crippen LogP) is 2.11. The molecule has 1 amide bonds. The third-order valence-electron chi connectivity index (χ3n) is 3.34. The zero-order chi connectivity index (χ0) is 16.8. The van der Waals surface area contributed by atoms with Gasteiger partial charge in [-0.2, -0.15) is 0 Å². The Morgan fingerprint density at radius 1 is 1.04 bits per heavy atom. The molecule has 0 aromatic heterocycles. The summed E-state index contributed by atoms with van der Waals surface area (Å²) in [7, 11) is 0. The van der Waals surface area contributed by atoms with Crippen molar-refractivity contribution in [1.29, 1.82) is 0 Å². The summed E-state index contributed by atoms with van der Waals surface area (Å²) in [6, 6.07) is 0. The minimum atomic E-state index is -0.881. The Kier molecular flexibility index (Phi) is 10.9. The molecular formula is C16H27NO6. The fourth-order valence-corrected chi connectivity index (χ4v) is 2.14. The monoisotopic (exact) mass is 329 g/mol. The van der Waals surface area contributed by atoms with Crippen LogP contribution in [0.2, 0.25) is 0 Å². The molecule has 0 spiro atoms. The maximum absolute atomic E-state index is 11.7. The van der Waals surface area contributed by atoms with Crippen LogP contribution >= 0.6 is 0 Å². The number of amides is 1. The summed E-state index contributed by atoms with van der Waals surface area (Å²) in [6.45, 7) is 1.63. The number of nitrogens with one attached hydrogen (secondary N) is 1. The first-order chi connectivity index (χ1) is 11.2. The third-order valence-corrected chi connectivity index (χ3v) is 3.34. The van der Waals surface area contributed by atoms with E-state index >= 15 is 0 Å². The smallest absolute Gasteiger partial charge is 0.407 e. The molecular weight excluding hydrogens is 302 g/mol. The van der Waals surface area contributed by atoms with E-state index in [4.69, 9.17) is 19.3 Å². The third kappa shape index (κ3) is 11.6. The molecule has 0 aliphatic heterocycles. The lowest BCUT2D eigenvalue weighted by Crippen LogP contribution is -2.31. The van der Waals surface area contributed by atoms with E-state index in [1.165, 1.54) is 0 Å². The molecule has 0 aromatic rings. The van der Waals surface area contributed by atoms with E-state index in [9.17, 15) is 9.59 Å². The molecule has 0 aromatic carbocycles. The summed E-state index contributed by atoms with van der Waals surface area (Å²) in [5.41, 5.74) is 0. The molecule has 132 valence electrons. The lowest BCUT2D eigenvalue weighted by Gasteiger charge is -2.18. The number of ether oxygens (including phenoxy) is 3. The highest BCUT2D eigenvalue weighted by molar-refractivity contribution is 5.67. The zero-order valence-electron chi connectivity index (χ0n) is 13.5. The van der Waals surface area contributed by atoms with Gasteiger partial charge in [0.2, 0.25) is 0 Å². The van der Waals surface area contributed by atoms with Crippen LogP contribution in [0.25, 0.3) is 0 Å². The number of rotatable bonds is 10. The van der Waals surface area contributed by atoms with E-state index in [-0.39, 0.29) is 19.1 Å². The number of alkyl carbamates (subject to hydrolysis) is 1. The van der Waals surface area contributed by atoms with Crippen LogP contribution in [-0.2, 0) is 19.0 Å². The highest BCUT2D eigenvalue weighted by Gasteiger charge is 2.14.